The molecule has 146 valence electrons. The van der Waals surface area contributed by atoms with E-state index in [0.717, 1.165) is 11.3 Å². The number of carbonyl (C=O) groups is 1. The number of nitrogens with zero attached hydrogens (tertiary/aromatic N) is 2. The van der Waals surface area contributed by atoms with Crippen LogP contribution in [0.2, 0.25) is 0 Å². The predicted octanol–water partition coefficient (Wildman–Crippen LogP) is 3.43. The summed E-state index contributed by atoms with van der Waals surface area (Å²) in [5.74, 6) is 1.88. The van der Waals surface area contributed by atoms with E-state index in [1.807, 2.05) is 30.3 Å². The third-order valence-electron chi connectivity index (χ3n) is 3.99. The molecular formula is C21H23N3O4. The Morgan fingerprint density at radius 3 is 2.64 bits per heavy atom. The summed E-state index contributed by atoms with van der Waals surface area (Å²) < 4.78 is 16.4. The van der Waals surface area contributed by atoms with Crippen LogP contribution in [0.25, 0.3) is 11.5 Å². The molecule has 0 atom stereocenters. The molecule has 0 saturated heterocycles. The van der Waals surface area contributed by atoms with Crippen LogP contribution in [0.3, 0.4) is 0 Å². The van der Waals surface area contributed by atoms with Crippen LogP contribution < -0.4 is 14.8 Å². The molecule has 3 rings (SSSR count). The van der Waals surface area contributed by atoms with E-state index >= 15 is 0 Å². The summed E-state index contributed by atoms with van der Waals surface area (Å²) in [6.07, 6.45) is 1.58. The van der Waals surface area contributed by atoms with E-state index in [-0.39, 0.29) is 19.1 Å². The van der Waals surface area contributed by atoms with Crippen molar-refractivity contribution >= 4 is 5.91 Å². The lowest BCUT2D eigenvalue weighted by molar-refractivity contribution is -0.123. The van der Waals surface area contributed by atoms with Crippen LogP contribution in [-0.4, -0.2) is 35.9 Å². The SMILES string of the molecule is CC(C)c1ccccc1OCC(=O)NCCOc1ccc(-c2ccco2)nn1. The fraction of sp³-hybridized carbons (Fsp3) is 0.286. The zero-order chi connectivity index (χ0) is 19.8. The molecule has 7 heteroatoms. The zero-order valence-electron chi connectivity index (χ0n) is 15.9. The first-order chi connectivity index (χ1) is 13.6. The van der Waals surface area contributed by atoms with Gasteiger partial charge in [-0.15, -0.1) is 10.2 Å². The minimum absolute atomic E-state index is 0.0403. The molecule has 3 aromatic rings. The topological polar surface area (TPSA) is 86.5 Å². The van der Waals surface area contributed by atoms with Gasteiger partial charge < -0.3 is 19.2 Å². The molecule has 7 nitrogen and oxygen atoms in total. The first kappa shape index (κ1) is 19.4. The highest BCUT2D eigenvalue weighted by molar-refractivity contribution is 5.77. The van der Waals surface area contributed by atoms with Gasteiger partial charge in [0.25, 0.3) is 5.91 Å². The fourth-order valence-corrected chi connectivity index (χ4v) is 2.58. The van der Waals surface area contributed by atoms with Gasteiger partial charge in [0.15, 0.2) is 12.4 Å². The summed E-state index contributed by atoms with van der Waals surface area (Å²) in [5, 5.41) is 10.8. The Morgan fingerprint density at radius 1 is 1.07 bits per heavy atom. The van der Waals surface area contributed by atoms with Gasteiger partial charge in [-0.1, -0.05) is 32.0 Å². The molecule has 28 heavy (non-hydrogen) atoms. The Labute approximate surface area is 163 Å². The number of para-hydroxylation sites is 1. The molecule has 0 aliphatic heterocycles. The summed E-state index contributed by atoms with van der Waals surface area (Å²) >= 11 is 0. The lowest BCUT2D eigenvalue weighted by Gasteiger charge is -2.13. The molecule has 1 amide bonds. The van der Waals surface area contributed by atoms with Gasteiger partial charge in [0.05, 0.1) is 12.8 Å². The number of benzene rings is 1. The van der Waals surface area contributed by atoms with Crippen LogP contribution in [0.5, 0.6) is 11.6 Å². The molecule has 0 radical (unpaired) electrons. The summed E-state index contributed by atoms with van der Waals surface area (Å²) in [7, 11) is 0. The smallest absolute Gasteiger partial charge is 0.258 e. The molecule has 0 aliphatic carbocycles. The minimum atomic E-state index is -0.207. The van der Waals surface area contributed by atoms with Crippen LogP contribution in [0.15, 0.2) is 59.2 Å². The standard InChI is InChI=1S/C21H23N3O4/c1-15(2)16-6-3-4-7-18(16)28-14-20(25)22-11-13-27-21-10-9-17(23-24-21)19-8-5-12-26-19/h3-10,12,15H,11,13-14H2,1-2H3,(H,22,25). The molecular weight excluding hydrogens is 358 g/mol. The van der Waals surface area contributed by atoms with Crippen LogP contribution in [0, 0.1) is 0 Å². The lowest BCUT2D eigenvalue weighted by Crippen LogP contribution is -2.32. The maximum absolute atomic E-state index is 12.0. The Bertz CT molecular complexity index is 877. The van der Waals surface area contributed by atoms with Crippen molar-refractivity contribution in [3.05, 3.63) is 60.4 Å². The van der Waals surface area contributed by atoms with Crippen molar-refractivity contribution < 1.29 is 18.7 Å². The van der Waals surface area contributed by atoms with E-state index in [0.29, 0.717) is 29.8 Å². The molecule has 2 heterocycles. The van der Waals surface area contributed by atoms with Gasteiger partial charge in [0.2, 0.25) is 5.88 Å². The molecule has 0 fully saturated rings. The number of aromatic nitrogens is 2. The van der Waals surface area contributed by atoms with Crippen molar-refractivity contribution in [3.8, 4) is 23.1 Å². The number of nitrogens with one attached hydrogen (secondary N) is 1. The number of amides is 1. The number of carbonyl (C=O) groups excluding carboxylic acids is 1. The van der Waals surface area contributed by atoms with Gasteiger partial charge in [-0.05, 0) is 35.7 Å². The second-order valence-electron chi connectivity index (χ2n) is 6.41. The van der Waals surface area contributed by atoms with E-state index in [1.165, 1.54) is 0 Å². The minimum Gasteiger partial charge on any atom is -0.483 e. The second-order valence-corrected chi connectivity index (χ2v) is 6.41. The average molecular weight is 381 g/mol. The van der Waals surface area contributed by atoms with Crippen LogP contribution in [0.4, 0.5) is 0 Å². The van der Waals surface area contributed by atoms with Crippen molar-refractivity contribution in [2.75, 3.05) is 19.8 Å². The monoisotopic (exact) mass is 381 g/mol. The van der Waals surface area contributed by atoms with E-state index in [2.05, 4.69) is 29.4 Å². The molecule has 0 aliphatic rings. The maximum Gasteiger partial charge on any atom is 0.258 e. The van der Waals surface area contributed by atoms with Crippen molar-refractivity contribution in [3.63, 3.8) is 0 Å². The van der Waals surface area contributed by atoms with Gasteiger partial charge in [0.1, 0.15) is 18.1 Å². The van der Waals surface area contributed by atoms with E-state index in [1.54, 1.807) is 24.5 Å². The van der Waals surface area contributed by atoms with Crippen LogP contribution in [-0.2, 0) is 4.79 Å². The first-order valence-electron chi connectivity index (χ1n) is 9.12. The van der Waals surface area contributed by atoms with E-state index in [9.17, 15) is 4.79 Å². The highest BCUT2D eigenvalue weighted by Gasteiger charge is 2.09. The quantitative estimate of drug-likeness (QED) is 0.572. The lowest BCUT2D eigenvalue weighted by atomic mass is 10.0. The number of ether oxygens (including phenoxy) is 2. The Balaban J connectivity index is 1.38. The fourth-order valence-electron chi connectivity index (χ4n) is 2.58. The van der Waals surface area contributed by atoms with Crippen molar-refractivity contribution in [1.82, 2.24) is 15.5 Å². The van der Waals surface area contributed by atoms with Crippen LogP contribution >= 0.6 is 0 Å². The van der Waals surface area contributed by atoms with Gasteiger partial charge in [0, 0.05) is 6.07 Å². The molecule has 0 bridgehead atoms. The Morgan fingerprint density at radius 2 is 1.93 bits per heavy atom. The van der Waals surface area contributed by atoms with Crippen LogP contribution in [0.1, 0.15) is 25.3 Å². The number of furan rings is 1. The Hall–Kier alpha value is -3.35. The highest BCUT2D eigenvalue weighted by atomic mass is 16.5. The number of hydrogen-bond acceptors (Lipinski definition) is 6. The van der Waals surface area contributed by atoms with Crippen molar-refractivity contribution in [2.24, 2.45) is 0 Å². The zero-order valence-corrected chi connectivity index (χ0v) is 15.9. The highest BCUT2D eigenvalue weighted by Crippen LogP contribution is 2.25. The molecule has 1 aromatic carbocycles. The summed E-state index contributed by atoms with van der Waals surface area (Å²) in [4.78, 5) is 12.0. The van der Waals surface area contributed by atoms with E-state index in [4.69, 9.17) is 13.9 Å². The average Bonchev–Trinajstić information content (AvgIpc) is 3.25. The molecule has 2 aromatic heterocycles. The van der Waals surface area contributed by atoms with Crippen molar-refractivity contribution in [1.29, 1.82) is 0 Å². The van der Waals surface area contributed by atoms with Gasteiger partial charge in [-0.3, -0.25) is 4.79 Å². The second kappa shape index (κ2) is 9.55. The molecule has 0 unspecified atom stereocenters. The predicted molar refractivity (Wildman–Crippen MR) is 104 cm³/mol. The Kier molecular flexibility index (Phi) is 6.62. The largest absolute Gasteiger partial charge is 0.483 e. The number of hydrogen-bond donors (Lipinski definition) is 1. The van der Waals surface area contributed by atoms with Crippen molar-refractivity contribution in [2.45, 2.75) is 19.8 Å². The molecule has 0 saturated carbocycles. The molecule has 0 spiro atoms. The third kappa shape index (κ3) is 5.33. The van der Waals surface area contributed by atoms with Gasteiger partial charge in [-0.2, -0.15) is 0 Å². The van der Waals surface area contributed by atoms with Gasteiger partial charge >= 0.3 is 0 Å². The third-order valence-corrected chi connectivity index (χ3v) is 3.99. The number of rotatable bonds is 9. The normalized spacial score (nSPS) is 10.7. The van der Waals surface area contributed by atoms with Gasteiger partial charge in [-0.25, -0.2) is 0 Å². The summed E-state index contributed by atoms with van der Waals surface area (Å²) in [5.41, 5.74) is 1.71. The molecule has 1 N–H and O–H groups in total. The maximum atomic E-state index is 12.0. The first-order valence-corrected chi connectivity index (χ1v) is 9.12. The summed E-state index contributed by atoms with van der Waals surface area (Å²) in [6, 6.07) is 14.8. The van der Waals surface area contributed by atoms with E-state index < -0.39 is 0 Å². The summed E-state index contributed by atoms with van der Waals surface area (Å²) in [6.45, 7) is 4.76.